The van der Waals surface area contributed by atoms with Gasteiger partial charge in [0.15, 0.2) is 16.5 Å². The number of rotatable bonds is 4. The number of nitrogens with zero attached hydrogens (tertiary/aromatic N) is 2. The van der Waals surface area contributed by atoms with Gasteiger partial charge in [0.05, 0.1) is 0 Å². The molecule has 1 aromatic carbocycles. The minimum atomic E-state index is -0.684. The van der Waals surface area contributed by atoms with Crippen LogP contribution in [0.5, 0.6) is 11.5 Å². The molecular formula is C18H17N3O4S. The molecule has 0 fully saturated rings. The van der Waals surface area contributed by atoms with Gasteiger partial charge in [0.1, 0.15) is 6.61 Å². The fraction of sp³-hybridized carbons (Fsp3) is 0.278. The quantitative estimate of drug-likeness (QED) is 0.753. The second kappa shape index (κ2) is 6.80. The van der Waals surface area contributed by atoms with Gasteiger partial charge < -0.3 is 14.8 Å². The molecule has 1 atom stereocenters. The number of aryl methyl sites for hydroxylation is 1. The summed E-state index contributed by atoms with van der Waals surface area (Å²) in [6.07, 6.45) is -0.156. The standard InChI is InChI=1S/C18H17N3O4S/c1-11-8-16(22)21-12(10-26-18(21)20-11)6-7-19-17(23)15-9-24-13-4-2-3-5-14(13)25-15/h2-5,8,10,15H,6-7,9H2,1H3,(H,19,23). The Balaban J connectivity index is 1.38. The lowest BCUT2D eigenvalue weighted by atomic mass is 10.2. The van der Waals surface area contributed by atoms with Gasteiger partial charge in [0.2, 0.25) is 6.10 Å². The first kappa shape index (κ1) is 16.6. The van der Waals surface area contributed by atoms with Crippen molar-refractivity contribution in [2.45, 2.75) is 19.4 Å². The number of para-hydroxylation sites is 2. The summed E-state index contributed by atoms with van der Waals surface area (Å²) in [6, 6.07) is 8.77. The predicted octanol–water partition coefficient (Wildman–Crippen LogP) is 1.56. The number of amides is 1. The fourth-order valence-electron chi connectivity index (χ4n) is 2.83. The van der Waals surface area contributed by atoms with Crippen molar-refractivity contribution < 1.29 is 14.3 Å². The highest BCUT2D eigenvalue weighted by Crippen LogP contribution is 2.30. The lowest BCUT2D eigenvalue weighted by molar-refractivity contribution is -0.130. The zero-order valence-electron chi connectivity index (χ0n) is 14.1. The molecule has 2 aromatic heterocycles. The Morgan fingerprint density at radius 3 is 3.04 bits per heavy atom. The number of carbonyl (C=O) groups is 1. The Morgan fingerprint density at radius 1 is 1.38 bits per heavy atom. The molecule has 0 radical (unpaired) electrons. The molecule has 3 heterocycles. The highest BCUT2D eigenvalue weighted by Gasteiger charge is 2.26. The summed E-state index contributed by atoms with van der Waals surface area (Å²) in [5.41, 5.74) is 1.43. The molecule has 1 aliphatic rings. The van der Waals surface area contributed by atoms with Crippen LogP contribution >= 0.6 is 11.3 Å². The second-order valence-corrected chi connectivity index (χ2v) is 6.82. The van der Waals surface area contributed by atoms with Crippen LogP contribution in [-0.4, -0.2) is 34.5 Å². The number of ether oxygens (including phenoxy) is 2. The monoisotopic (exact) mass is 371 g/mol. The number of aromatic nitrogens is 2. The number of nitrogens with one attached hydrogen (secondary N) is 1. The van der Waals surface area contributed by atoms with E-state index in [1.807, 2.05) is 17.5 Å². The fourth-order valence-corrected chi connectivity index (χ4v) is 3.81. The molecule has 26 heavy (non-hydrogen) atoms. The smallest absolute Gasteiger partial charge is 0.264 e. The van der Waals surface area contributed by atoms with Crippen molar-refractivity contribution in [1.29, 1.82) is 0 Å². The Labute approximate surface area is 153 Å². The van der Waals surface area contributed by atoms with Crippen LogP contribution in [0, 0.1) is 6.92 Å². The van der Waals surface area contributed by atoms with Gasteiger partial charge in [-0.15, -0.1) is 11.3 Å². The first-order valence-electron chi connectivity index (χ1n) is 8.25. The normalized spacial score (nSPS) is 15.8. The third-order valence-corrected chi connectivity index (χ3v) is 4.96. The van der Waals surface area contributed by atoms with E-state index in [2.05, 4.69) is 10.3 Å². The molecule has 1 unspecified atom stereocenters. The summed E-state index contributed by atoms with van der Waals surface area (Å²) in [7, 11) is 0. The van der Waals surface area contributed by atoms with Crippen LogP contribution in [0.4, 0.5) is 0 Å². The number of hydrogen-bond acceptors (Lipinski definition) is 6. The maximum Gasteiger partial charge on any atom is 0.264 e. The van der Waals surface area contributed by atoms with Crippen molar-refractivity contribution >= 4 is 22.2 Å². The molecule has 0 aliphatic carbocycles. The van der Waals surface area contributed by atoms with Crippen molar-refractivity contribution in [2.24, 2.45) is 0 Å². The van der Waals surface area contributed by atoms with Gasteiger partial charge in [-0.25, -0.2) is 4.98 Å². The van der Waals surface area contributed by atoms with Crippen LogP contribution in [0.2, 0.25) is 0 Å². The molecule has 0 bridgehead atoms. The molecule has 0 spiro atoms. The van der Waals surface area contributed by atoms with Gasteiger partial charge in [-0.3, -0.25) is 14.0 Å². The van der Waals surface area contributed by atoms with Crippen molar-refractivity contribution in [3.05, 3.63) is 57.5 Å². The molecule has 8 heteroatoms. The molecule has 0 saturated heterocycles. The maximum absolute atomic E-state index is 12.3. The molecule has 7 nitrogen and oxygen atoms in total. The molecule has 3 aromatic rings. The first-order chi connectivity index (χ1) is 12.6. The molecule has 1 N–H and O–H groups in total. The Kier molecular flexibility index (Phi) is 4.34. The summed E-state index contributed by atoms with van der Waals surface area (Å²) in [5.74, 6) is 0.972. The van der Waals surface area contributed by atoms with E-state index >= 15 is 0 Å². The lowest BCUT2D eigenvalue weighted by Crippen LogP contribution is -2.44. The van der Waals surface area contributed by atoms with E-state index in [1.54, 1.807) is 23.5 Å². The third-order valence-electron chi connectivity index (χ3n) is 4.09. The largest absolute Gasteiger partial charge is 0.485 e. The molecule has 0 saturated carbocycles. The summed E-state index contributed by atoms with van der Waals surface area (Å²) < 4.78 is 12.8. The van der Waals surface area contributed by atoms with Gasteiger partial charge in [-0.05, 0) is 19.1 Å². The summed E-state index contributed by atoms with van der Waals surface area (Å²) in [5, 5.41) is 4.74. The topological polar surface area (TPSA) is 81.9 Å². The molecule has 1 amide bonds. The number of benzene rings is 1. The minimum Gasteiger partial charge on any atom is -0.485 e. The number of fused-ring (bicyclic) bond motifs is 2. The highest BCUT2D eigenvalue weighted by molar-refractivity contribution is 7.15. The zero-order chi connectivity index (χ0) is 18.1. The van der Waals surface area contributed by atoms with E-state index < -0.39 is 6.10 Å². The van der Waals surface area contributed by atoms with Crippen LogP contribution in [0.3, 0.4) is 0 Å². The van der Waals surface area contributed by atoms with Crippen LogP contribution in [0.15, 0.2) is 40.5 Å². The van der Waals surface area contributed by atoms with Crippen LogP contribution in [0.25, 0.3) is 4.96 Å². The average molecular weight is 371 g/mol. The third kappa shape index (κ3) is 3.15. The maximum atomic E-state index is 12.3. The van der Waals surface area contributed by atoms with Gasteiger partial charge in [-0.2, -0.15) is 0 Å². The van der Waals surface area contributed by atoms with Gasteiger partial charge in [-0.1, -0.05) is 12.1 Å². The van der Waals surface area contributed by atoms with Crippen molar-refractivity contribution in [3.8, 4) is 11.5 Å². The number of hydrogen-bond donors (Lipinski definition) is 1. The summed E-state index contributed by atoms with van der Waals surface area (Å²) in [6.45, 7) is 2.37. The summed E-state index contributed by atoms with van der Waals surface area (Å²) >= 11 is 1.42. The van der Waals surface area contributed by atoms with Crippen molar-refractivity contribution in [2.75, 3.05) is 13.2 Å². The van der Waals surface area contributed by atoms with Crippen LogP contribution in [-0.2, 0) is 11.2 Å². The van der Waals surface area contributed by atoms with Crippen LogP contribution in [0.1, 0.15) is 11.4 Å². The van der Waals surface area contributed by atoms with E-state index in [4.69, 9.17) is 9.47 Å². The van der Waals surface area contributed by atoms with E-state index in [-0.39, 0.29) is 18.1 Å². The van der Waals surface area contributed by atoms with Gasteiger partial charge in [0.25, 0.3) is 11.5 Å². The Bertz CT molecular complexity index is 1030. The van der Waals surface area contributed by atoms with Crippen LogP contribution < -0.4 is 20.3 Å². The van der Waals surface area contributed by atoms with Gasteiger partial charge >= 0.3 is 0 Å². The van der Waals surface area contributed by atoms with Crippen molar-refractivity contribution in [1.82, 2.24) is 14.7 Å². The van der Waals surface area contributed by atoms with Crippen molar-refractivity contribution in [3.63, 3.8) is 0 Å². The molecular weight excluding hydrogens is 354 g/mol. The SMILES string of the molecule is Cc1cc(=O)n2c(CCNC(=O)C3COc4ccccc4O3)csc2n1. The summed E-state index contributed by atoms with van der Waals surface area (Å²) in [4.78, 5) is 29.5. The molecule has 4 rings (SSSR count). The zero-order valence-corrected chi connectivity index (χ0v) is 14.9. The Morgan fingerprint density at radius 2 is 2.19 bits per heavy atom. The first-order valence-corrected chi connectivity index (χ1v) is 9.13. The highest BCUT2D eigenvalue weighted by atomic mass is 32.1. The predicted molar refractivity (Wildman–Crippen MR) is 97.1 cm³/mol. The lowest BCUT2D eigenvalue weighted by Gasteiger charge is -2.25. The number of thiazole rings is 1. The van der Waals surface area contributed by atoms with E-state index in [0.717, 1.165) is 5.69 Å². The Hall–Kier alpha value is -2.87. The second-order valence-electron chi connectivity index (χ2n) is 5.99. The number of carbonyl (C=O) groups excluding carboxylic acids is 1. The average Bonchev–Trinajstić information content (AvgIpc) is 3.04. The molecule has 1 aliphatic heterocycles. The van der Waals surface area contributed by atoms with Gasteiger partial charge in [0, 0.05) is 35.8 Å². The molecule has 134 valence electrons. The van der Waals surface area contributed by atoms with E-state index in [9.17, 15) is 9.59 Å². The van der Waals surface area contributed by atoms with E-state index in [0.29, 0.717) is 35.1 Å². The van der Waals surface area contributed by atoms with E-state index in [1.165, 1.54) is 17.4 Å². The minimum absolute atomic E-state index is 0.101.